The number of benzene rings is 3. The summed E-state index contributed by atoms with van der Waals surface area (Å²) >= 11 is 1.33. The number of ether oxygens (including phenoxy) is 2. The summed E-state index contributed by atoms with van der Waals surface area (Å²) < 4.78 is 13.4. The average Bonchev–Trinajstić information content (AvgIpc) is 3.32. The van der Waals surface area contributed by atoms with Crippen molar-refractivity contribution in [2.45, 2.75) is 6.92 Å². The Balaban J connectivity index is 1.52. The lowest BCUT2D eigenvalue weighted by atomic mass is 10.2. The minimum absolute atomic E-state index is 0.115. The van der Waals surface area contributed by atoms with Gasteiger partial charge in [0.2, 0.25) is 0 Å². The van der Waals surface area contributed by atoms with Crippen LogP contribution in [0.1, 0.15) is 22.8 Å². The van der Waals surface area contributed by atoms with Crippen LogP contribution in [0.4, 0.5) is 0 Å². The molecule has 0 N–H and O–H groups in total. The molecule has 0 radical (unpaired) electrons. The molecule has 32 heavy (non-hydrogen) atoms. The molecule has 0 amide bonds. The molecule has 158 valence electrons. The third kappa shape index (κ3) is 3.63. The van der Waals surface area contributed by atoms with Crippen LogP contribution in [0.5, 0.6) is 11.5 Å². The van der Waals surface area contributed by atoms with E-state index < -0.39 is 5.97 Å². The van der Waals surface area contributed by atoms with E-state index in [1.807, 2.05) is 37.3 Å². The molecule has 0 spiro atoms. The molecule has 5 rings (SSSR count). The fourth-order valence-electron chi connectivity index (χ4n) is 3.46. The molecule has 0 unspecified atom stereocenters. The monoisotopic (exact) mass is 442 g/mol. The summed E-state index contributed by atoms with van der Waals surface area (Å²) in [5, 5.41) is 0. The van der Waals surface area contributed by atoms with Crippen LogP contribution in [0.2, 0.25) is 0 Å². The summed E-state index contributed by atoms with van der Waals surface area (Å²) in [5.74, 6) is 0.299. The Morgan fingerprint density at radius 3 is 2.62 bits per heavy atom. The molecule has 0 aliphatic carbocycles. The van der Waals surface area contributed by atoms with Gasteiger partial charge in [-0.2, -0.15) is 0 Å². The highest BCUT2D eigenvalue weighted by Crippen LogP contribution is 2.29. The third-order valence-corrected chi connectivity index (χ3v) is 5.89. The minimum atomic E-state index is -0.462. The van der Waals surface area contributed by atoms with Crippen molar-refractivity contribution in [3.63, 3.8) is 0 Å². The summed E-state index contributed by atoms with van der Waals surface area (Å²) in [6.07, 6.45) is 1.79. The topological polar surface area (TPSA) is 69.9 Å². The lowest BCUT2D eigenvalue weighted by Gasteiger charge is -2.11. The maximum absolute atomic E-state index is 13.0. The van der Waals surface area contributed by atoms with Crippen LogP contribution in [0, 0.1) is 0 Å². The van der Waals surface area contributed by atoms with E-state index in [0.29, 0.717) is 33.2 Å². The molecule has 2 heterocycles. The minimum Gasteiger partial charge on any atom is -0.490 e. The molecule has 0 bridgehead atoms. The second kappa shape index (κ2) is 8.28. The number of carbonyl (C=O) groups is 1. The second-order valence-electron chi connectivity index (χ2n) is 7.03. The summed E-state index contributed by atoms with van der Waals surface area (Å²) in [6.45, 7) is 2.26. The first-order valence-electron chi connectivity index (χ1n) is 10.1. The molecule has 0 aliphatic heterocycles. The van der Waals surface area contributed by atoms with Gasteiger partial charge in [0.15, 0.2) is 16.5 Å². The largest absolute Gasteiger partial charge is 0.490 e. The number of carbonyl (C=O) groups excluding carboxylic acids is 1. The van der Waals surface area contributed by atoms with E-state index in [0.717, 1.165) is 16.6 Å². The number of thiazole rings is 1. The first kappa shape index (κ1) is 20.0. The maximum Gasteiger partial charge on any atom is 0.343 e. The molecule has 0 atom stereocenters. The number of imidazole rings is 1. The number of aromatic nitrogens is 2. The van der Waals surface area contributed by atoms with E-state index in [1.165, 1.54) is 11.3 Å². The predicted molar refractivity (Wildman–Crippen MR) is 125 cm³/mol. The Morgan fingerprint density at radius 2 is 1.81 bits per heavy atom. The summed E-state index contributed by atoms with van der Waals surface area (Å²) in [5.41, 5.74) is 2.69. The van der Waals surface area contributed by atoms with Crippen LogP contribution in [0.25, 0.3) is 22.1 Å². The molecule has 7 heteroatoms. The predicted octanol–water partition coefficient (Wildman–Crippen LogP) is 4.07. The molecular formula is C25H18N2O4S. The van der Waals surface area contributed by atoms with Crippen molar-refractivity contribution < 1.29 is 14.3 Å². The normalized spacial score (nSPS) is 11.8. The SMILES string of the molecule is CCOc1cc(/C=c2\sc3nc4ccccc4n3c2=O)ccc1OC(=O)c1ccccc1. The molecule has 6 nitrogen and oxygen atoms in total. The zero-order valence-corrected chi connectivity index (χ0v) is 18.0. The van der Waals surface area contributed by atoms with Gasteiger partial charge in [0.05, 0.1) is 27.7 Å². The van der Waals surface area contributed by atoms with E-state index >= 15 is 0 Å². The van der Waals surface area contributed by atoms with Crippen molar-refractivity contribution in [1.29, 1.82) is 0 Å². The highest BCUT2D eigenvalue weighted by Gasteiger charge is 2.14. The highest BCUT2D eigenvalue weighted by atomic mass is 32.1. The quantitative estimate of drug-likeness (QED) is 0.303. The van der Waals surface area contributed by atoms with Crippen molar-refractivity contribution in [2.75, 3.05) is 6.61 Å². The maximum atomic E-state index is 13.0. The lowest BCUT2D eigenvalue weighted by molar-refractivity contribution is 0.0728. The number of esters is 1. The molecule has 0 saturated carbocycles. The van der Waals surface area contributed by atoms with Gasteiger partial charge in [-0.1, -0.05) is 47.7 Å². The van der Waals surface area contributed by atoms with E-state index in [2.05, 4.69) is 4.98 Å². The van der Waals surface area contributed by atoms with Crippen molar-refractivity contribution in [2.24, 2.45) is 0 Å². The molecule has 0 aliphatic rings. The van der Waals surface area contributed by atoms with E-state index in [1.54, 1.807) is 52.9 Å². The first-order valence-corrected chi connectivity index (χ1v) is 10.9. The average molecular weight is 442 g/mol. The van der Waals surface area contributed by atoms with Crippen LogP contribution < -0.4 is 19.6 Å². The second-order valence-corrected chi connectivity index (χ2v) is 8.04. The van der Waals surface area contributed by atoms with Crippen molar-refractivity contribution in [3.8, 4) is 11.5 Å². The van der Waals surface area contributed by atoms with E-state index in [-0.39, 0.29) is 5.56 Å². The van der Waals surface area contributed by atoms with Gasteiger partial charge in [-0.25, -0.2) is 14.2 Å². The number of fused-ring (bicyclic) bond motifs is 3. The molecular weight excluding hydrogens is 424 g/mol. The van der Waals surface area contributed by atoms with Gasteiger partial charge in [0.25, 0.3) is 5.56 Å². The smallest absolute Gasteiger partial charge is 0.343 e. The Bertz CT molecular complexity index is 1550. The van der Waals surface area contributed by atoms with Crippen LogP contribution in [0.15, 0.2) is 77.6 Å². The van der Waals surface area contributed by atoms with Crippen molar-refractivity contribution >= 4 is 39.4 Å². The molecule has 0 fully saturated rings. The Hall–Kier alpha value is -3.97. The molecule has 0 saturated heterocycles. The highest BCUT2D eigenvalue weighted by molar-refractivity contribution is 7.15. The summed E-state index contributed by atoms with van der Waals surface area (Å²) in [4.78, 5) is 30.6. The van der Waals surface area contributed by atoms with E-state index in [4.69, 9.17) is 9.47 Å². The molecule has 3 aromatic carbocycles. The fraction of sp³-hybridized carbons (Fsp3) is 0.0800. The Kier molecular flexibility index (Phi) is 5.17. The van der Waals surface area contributed by atoms with Crippen LogP contribution >= 0.6 is 11.3 Å². The zero-order valence-electron chi connectivity index (χ0n) is 17.1. The van der Waals surface area contributed by atoms with Gasteiger partial charge in [0.1, 0.15) is 0 Å². The number of rotatable bonds is 5. The van der Waals surface area contributed by atoms with Gasteiger partial charge < -0.3 is 9.47 Å². The van der Waals surface area contributed by atoms with Gasteiger partial charge in [0, 0.05) is 0 Å². The fourth-order valence-corrected chi connectivity index (χ4v) is 4.45. The van der Waals surface area contributed by atoms with Crippen LogP contribution in [-0.2, 0) is 0 Å². The first-order chi connectivity index (χ1) is 15.6. The van der Waals surface area contributed by atoms with Gasteiger partial charge in [-0.15, -0.1) is 0 Å². The lowest BCUT2D eigenvalue weighted by Crippen LogP contribution is -2.22. The van der Waals surface area contributed by atoms with Crippen LogP contribution in [0.3, 0.4) is 0 Å². The Morgan fingerprint density at radius 1 is 1.03 bits per heavy atom. The third-order valence-electron chi connectivity index (χ3n) is 4.92. The Labute approximate surface area is 187 Å². The molecule has 2 aromatic heterocycles. The number of hydrogen-bond acceptors (Lipinski definition) is 6. The van der Waals surface area contributed by atoms with E-state index in [9.17, 15) is 9.59 Å². The number of hydrogen-bond donors (Lipinski definition) is 0. The number of para-hydroxylation sites is 2. The van der Waals surface area contributed by atoms with Gasteiger partial charge >= 0.3 is 5.97 Å². The summed E-state index contributed by atoms with van der Waals surface area (Å²) in [6, 6.07) is 21.6. The van der Waals surface area contributed by atoms with Crippen molar-refractivity contribution in [3.05, 3.63) is 98.8 Å². The molecule has 5 aromatic rings. The van der Waals surface area contributed by atoms with Gasteiger partial charge in [-0.3, -0.25) is 4.79 Å². The van der Waals surface area contributed by atoms with Crippen LogP contribution in [-0.4, -0.2) is 22.0 Å². The standard InChI is InChI=1S/C25H18N2O4S/c1-2-30-21-14-16(12-13-20(21)31-24(29)17-8-4-3-5-9-17)15-22-23(28)27-19-11-7-6-10-18(19)26-25(27)32-22/h3-15H,2H2,1H3/b22-15-. The zero-order chi connectivity index (χ0) is 22.1. The summed E-state index contributed by atoms with van der Waals surface area (Å²) in [7, 11) is 0. The number of nitrogens with zero attached hydrogens (tertiary/aromatic N) is 2. The van der Waals surface area contributed by atoms with Gasteiger partial charge in [-0.05, 0) is 55.0 Å². The van der Waals surface area contributed by atoms with Crippen molar-refractivity contribution in [1.82, 2.24) is 9.38 Å².